The normalized spacial score (nSPS) is 11.0. The van der Waals surface area contributed by atoms with Crippen LogP contribution in [0.15, 0.2) is 42.7 Å². The van der Waals surface area contributed by atoms with Gasteiger partial charge in [-0.25, -0.2) is 0 Å². The van der Waals surface area contributed by atoms with Gasteiger partial charge in [-0.15, -0.1) is 0 Å². The minimum atomic E-state index is -4.63. The smallest absolute Gasteiger partial charge is 0.343 e. The number of hydrogen-bond acceptors (Lipinski definition) is 3. The summed E-state index contributed by atoms with van der Waals surface area (Å²) in [5.41, 5.74) is -0.818. The molecule has 2 amide bonds. The van der Waals surface area contributed by atoms with E-state index >= 15 is 0 Å². The van der Waals surface area contributed by atoms with Crippen LogP contribution in [0.2, 0.25) is 5.02 Å². The molecule has 5 nitrogen and oxygen atoms in total. The number of amides is 2. The third-order valence-electron chi connectivity index (χ3n) is 2.91. The zero-order valence-corrected chi connectivity index (χ0v) is 12.8. The Balaban J connectivity index is 1.97. The fourth-order valence-corrected chi connectivity index (χ4v) is 2.02. The van der Waals surface area contributed by atoms with Crippen LogP contribution < -0.4 is 10.6 Å². The molecule has 0 fully saturated rings. The minimum absolute atomic E-state index is 0.0742. The van der Waals surface area contributed by atoms with Crippen LogP contribution in [0.25, 0.3) is 0 Å². The Kier molecular flexibility index (Phi) is 5.40. The first kappa shape index (κ1) is 17.7. The maximum atomic E-state index is 12.7. The van der Waals surface area contributed by atoms with E-state index in [9.17, 15) is 22.8 Å². The summed E-state index contributed by atoms with van der Waals surface area (Å²) in [5.74, 6) is -1.17. The van der Waals surface area contributed by atoms with Crippen LogP contribution in [-0.4, -0.2) is 23.3 Å². The van der Waals surface area contributed by atoms with Gasteiger partial charge in [-0.3, -0.25) is 14.6 Å². The van der Waals surface area contributed by atoms with E-state index < -0.39 is 35.1 Å². The summed E-state index contributed by atoms with van der Waals surface area (Å²) in [4.78, 5) is 27.2. The third-order valence-corrected chi connectivity index (χ3v) is 3.24. The number of nitrogens with one attached hydrogen (secondary N) is 2. The Bertz CT molecular complexity index is 751. The molecule has 0 aliphatic rings. The van der Waals surface area contributed by atoms with E-state index in [0.29, 0.717) is 5.56 Å². The van der Waals surface area contributed by atoms with Crippen LogP contribution in [0, 0.1) is 0 Å². The van der Waals surface area contributed by atoms with Crippen molar-refractivity contribution in [3.8, 4) is 0 Å². The van der Waals surface area contributed by atoms with Crippen molar-refractivity contribution in [3.05, 3.63) is 58.9 Å². The highest BCUT2D eigenvalue weighted by Gasteiger charge is 2.33. The average Bonchev–Trinajstić information content (AvgIpc) is 2.54. The lowest BCUT2D eigenvalue weighted by Gasteiger charge is -2.12. The summed E-state index contributed by atoms with van der Waals surface area (Å²) in [6.45, 7) is -0.398. The number of benzene rings is 1. The second-order valence-electron chi connectivity index (χ2n) is 4.66. The van der Waals surface area contributed by atoms with E-state index in [2.05, 4.69) is 15.6 Å². The van der Waals surface area contributed by atoms with Crippen molar-refractivity contribution in [3.63, 3.8) is 0 Å². The Morgan fingerprint density at radius 3 is 2.42 bits per heavy atom. The first-order valence-corrected chi connectivity index (χ1v) is 7.00. The zero-order chi connectivity index (χ0) is 17.7. The predicted molar refractivity (Wildman–Crippen MR) is 81.7 cm³/mol. The fourth-order valence-electron chi connectivity index (χ4n) is 1.79. The molecule has 1 heterocycles. The van der Waals surface area contributed by atoms with Gasteiger partial charge < -0.3 is 10.6 Å². The maximum absolute atomic E-state index is 12.7. The molecule has 0 bridgehead atoms. The van der Waals surface area contributed by atoms with Gasteiger partial charge in [0.1, 0.15) is 0 Å². The lowest BCUT2D eigenvalue weighted by atomic mass is 10.2. The number of alkyl halides is 3. The molecule has 0 aliphatic carbocycles. The number of nitrogens with zero attached hydrogens (tertiary/aromatic N) is 1. The van der Waals surface area contributed by atoms with Gasteiger partial charge in [-0.1, -0.05) is 11.6 Å². The molecule has 1 aromatic heterocycles. The molecule has 24 heavy (non-hydrogen) atoms. The topological polar surface area (TPSA) is 71.1 Å². The van der Waals surface area contributed by atoms with E-state index in [1.54, 1.807) is 0 Å². The van der Waals surface area contributed by atoms with Crippen LogP contribution in [0.1, 0.15) is 15.9 Å². The number of rotatable bonds is 4. The molecule has 2 N–H and O–H groups in total. The minimum Gasteiger partial charge on any atom is -0.343 e. The summed E-state index contributed by atoms with van der Waals surface area (Å²) in [6.07, 6.45) is -1.80. The molecular formula is C15H11ClF3N3O2. The maximum Gasteiger partial charge on any atom is 0.417 e. The highest BCUT2D eigenvalue weighted by Crippen LogP contribution is 2.36. The second-order valence-corrected chi connectivity index (χ2v) is 5.07. The fraction of sp³-hybridized carbons (Fsp3) is 0.133. The van der Waals surface area contributed by atoms with Crippen molar-refractivity contribution >= 4 is 29.1 Å². The molecule has 0 spiro atoms. The number of pyridine rings is 1. The van der Waals surface area contributed by atoms with Crippen molar-refractivity contribution in [1.29, 1.82) is 0 Å². The Labute approximate surface area is 139 Å². The van der Waals surface area contributed by atoms with Crippen molar-refractivity contribution in [1.82, 2.24) is 10.3 Å². The molecule has 2 rings (SSSR count). The lowest BCUT2D eigenvalue weighted by molar-refractivity contribution is -0.137. The molecule has 0 radical (unpaired) electrons. The summed E-state index contributed by atoms with van der Waals surface area (Å²) >= 11 is 5.49. The van der Waals surface area contributed by atoms with E-state index in [0.717, 1.165) is 12.1 Å². The highest BCUT2D eigenvalue weighted by molar-refractivity contribution is 6.31. The van der Waals surface area contributed by atoms with Crippen LogP contribution in [0.4, 0.5) is 18.9 Å². The highest BCUT2D eigenvalue weighted by atomic mass is 35.5. The van der Waals surface area contributed by atoms with Crippen molar-refractivity contribution in [2.75, 3.05) is 11.9 Å². The second kappa shape index (κ2) is 7.31. The standard InChI is InChI=1S/C15H11ClF3N3O2/c16-12-2-1-10(7-11(12)15(17,18)19)22-13(23)8-21-14(24)9-3-5-20-6-4-9/h1-7H,8H2,(H,21,24)(H,22,23). The van der Waals surface area contributed by atoms with Crippen molar-refractivity contribution in [2.24, 2.45) is 0 Å². The van der Waals surface area contributed by atoms with Gasteiger partial charge >= 0.3 is 6.18 Å². The first-order valence-electron chi connectivity index (χ1n) is 6.62. The van der Waals surface area contributed by atoms with Crippen LogP contribution in [-0.2, 0) is 11.0 Å². The molecule has 2 aromatic rings. The van der Waals surface area contributed by atoms with E-state index in [4.69, 9.17) is 11.6 Å². The molecule has 0 unspecified atom stereocenters. The Morgan fingerprint density at radius 2 is 1.79 bits per heavy atom. The number of carbonyl (C=O) groups is 2. The zero-order valence-electron chi connectivity index (χ0n) is 12.0. The molecular weight excluding hydrogens is 347 g/mol. The Hall–Kier alpha value is -2.61. The van der Waals surface area contributed by atoms with Gasteiger partial charge in [0.05, 0.1) is 17.1 Å². The largest absolute Gasteiger partial charge is 0.417 e. The number of aromatic nitrogens is 1. The van der Waals surface area contributed by atoms with Crippen LogP contribution >= 0.6 is 11.6 Å². The molecule has 9 heteroatoms. The SMILES string of the molecule is O=C(CNC(=O)c1ccncc1)Nc1ccc(Cl)c(C(F)(F)F)c1. The van der Waals surface area contributed by atoms with Crippen molar-refractivity contribution < 1.29 is 22.8 Å². The summed E-state index contributed by atoms with van der Waals surface area (Å²) in [5, 5.41) is 4.15. The number of carbonyl (C=O) groups excluding carboxylic acids is 2. The molecule has 1 aromatic carbocycles. The first-order chi connectivity index (χ1) is 11.3. The van der Waals surface area contributed by atoms with Gasteiger partial charge in [0.2, 0.25) is 5.91 Å². The molecule has 0 atom stereocenters. The predicted octanol–water partition coefficient (Wildman–Crippen LogP) is 3.12. The molecule has 0 saturated heterocycles. The lowest BCUT2D eigenvalue weighted by Crippen LogP contribution is -2.32. The Morgan fingerprint density at radius 1 is 1.12 bits per heavy atom. The number of halogens is 4. The molecule has 0 saturated carbocycles. The number of hydrogen-bond donors (Lipinski definition) is 2. The quantitative estimate of drug-likeness (QED) is 0.883. The van der Waals surface area contributed by atoms with E-state index in [-0.39, 0.29) is 5.69 Å². The van der Waals surface area contributed by atoms with Gasteiger partial charge in [-0.2, -0.15) is 13.2 Å². The summed E-state index contributed by atoms with van der Waals surface area (Å²) in [7, 11) is 0. The number of anilines is 1. The van der Waals surface area contributed by atoms with Crippen molar-refractivity contribution in [2.45, 2.75) is 6.18 Å². The van der Waals surface area contributed by atoms with Gasteiger partial charge in [-0.05, 0) is 30.3 Å². The monoisotopic (exact) mass is 357 g/mol. The van der Waals surface area contributed by atoms with Gasteiger partial charge in [0.25, 0.3) is 5.91 Å². The van der Waals surface area contributed by atoms with Gasteiger partial charge in [0.15, 0.2) is 0 Å². The van der Waals surface area contributed by atoms with Gasteiger partial charge in [0, 0.05) is 23.6 Å². The van der Waals surface area contributed by atoms with E-state index in [1.807, 2.05) is 0 Å². The third kappa shape index (κ3) is 4.69. The summed E-state index contributed by atoms with van der Waals surface area (Å²) in [6, 6.07) is 5.92. The molecule has 0 aliphatic heterocycles. The van der Waals surface area contributed by atoms with Crippen LogP contribution in [0.5, 0.6) is 0 Å². The average molecular weight is 358 g/mol. The molecule has 126 valence electrons. The summed E-state index contributed by atoms with van der Waals surface area (Å²) < 4.78 is 38.2. The van der Waals surface area contributed by atoms with E-state index in [1.165, 1.54) is 30.6 Å². The van der Waals surface area contributed by atoms with Crippen LogP contribution in [0.3, 0.4) is 0 Å².